The third kappa shape index (κ3) is 5.08. The molecule has 5 aromatic rings. The molecule has 0 bridgehead atoms. The SMILES string of the molecule is O=C(Nc1ccccc1)/C(=C\c1ccc2c(c1)OCO2)c1ccccc1C(=O)Nc1cccc2ccccc12. The van der Waals surface area contributed by atoms with Crippen LogP contribution in [0.15, 0.2) is 115 Å². The summed E-state index contributed by atoms with van der Waals surface area (Å²) in [4.78, 5) is 27.4. The van der Waals surface area contributed by atoms with Gasteiger partial charge in [0.25, 0.3) is 11.8 Å². The van der Waals surface area contributed by atoms with E-state index in [1.54, 1.807) is 30.3 Å². The summed E-state index contributed by atoms with van der Waals surface area (Å²) in [6.45, 7) is 0.154. The Morgan fingerprint density at radius 2 is 1.38 bits per heavy atom. The predicted octanol–water partition coefficient (Wildman–Crippen LogP) is 7.00. The van der Waals surface area contributed by atoms with Crippen molar-refractivity contribution in [1.29, 1.82) is 0 Å². The Bertz CT molecular complexity index is 1720. The van der Waals surface area contributed by atoms with Crippen molar-refractivity contribution in [2.45, 2.75) is 0 Å². The summed E-state index contributed by atoms with van der Waals surface area (Å²) >= 11 is 0. The van der Waals surface area contributed by atoms with E-state index < -0.39 is 0 Å². The third-order valence-electron chi connectivity index (χ3n) is 6.48. The number of ether oxygens (including phenoxy) is 2. The smallest absolute Gasteiger partial charge is 0.256 e. The van der Waals surface area contributed by atoms with Crippen LogP contribution in [-0.2, 0) is 4.79 Å². The molecule has 1 aliphatic rings. The Kier molecular flexibility index (Phi) is 6.50. The number of hydrogen-bond acceptors (Lipinski definition) is 4. The summed E-state index contributed by atoms with van der Waals surface area (Å²) in [6.07, 6.45) is 1.75. The van der Waals surface area contributed by atoms with E-state index in [1.807, 2.05) is 91.0 Å². The molecule has 39 heavy (non-hydrogen) atoms. The number of para-hydroxylation sites is 1. The van der Waals surface area contributed by atoms with Gasteiger partial charge in [0, 0.05) is 27.9 Å². The highest BCUT2D eigenvalue weighted by Crippen LogP contribution is 2.34. The quantitative estimate of drug-likeness (QED) is 0.190. The maximum Gasteiger partial charge on any atom is 0.256 e. The first-order valence-electron chi connectivity index (χ1n) is 12.5. The Morgan fingerprint density at radius 1 is 0.667 bits per heavy atom. The summed E-state index contributed by atoms with van der Waals surface area (Å²) in [5, 5.41) is 7.96. The standard InChI is InChI=1S/C33H24N2O4/c36-32(35-29-16-8-10-23-9-4-5-13-25(23)29)27-15-7-6-14-26(27)28(33(37)34-24-11-2-1-3-12-24)19-22-17-18-30-31(20-22)39-21-38-30/h1-20H,21H2,(H,34,37)(H,35,36)/b28-19-. The molecule has 1 heterocycles. The van der Waals surface area contributed by atoms with E-state index in [1.165, 1.54) is 0 Å². The van der Waals surface area contributed by atoms with Crippen LogP contribution in [0, 0.1) is 0 Å². The van der Waals surface area contributed by atoms with E-state index in [-0.39, 0.29) is 18.6 Å². The molecule has 6 nitrogen and oxygen atoms in total. The van der Waals surface area contributed by atoms with Crippen molar-refractivity contribution in [1.82, 2.24) is 0 Å². The molecule has 190 valence electrons. The molecular weight excluding hydrogens is 488 g/mol. The van der Waals surface area contributed by atoms with Crippen LogP contribution in [0.1, 0.15) is 21.5 Å². The van der Waals surface area contributed by atoms with Gasteiger partial charge in [0.05, 0.1) is 0 Å². The van der Waals surface area contributed by atoms with Crippen molar-refractivity contribution in [2.24, 2.45) is 0 Å². The molecule has 0 unspecified atom stereocenters. The van der Waals surface area contributed by atoms with Gasteiger partial charge >= 0.3 is 0 Å². The van der Waals surface area contributed by atoms with Crippen LogP contribution >= 0.6 is 0 Å². The van der Waals surface area contributed by atoms with Crippen molar-refractivity contribution < 1.29 is 19.1 Å². The molecule has 0 aromatic heterocycles. The van der Waals surface area contributed by atoms with Crippen LogP contribution < -0.4 is 20.1 Å². The lowest BCUT2D eigenvalue weighted by molar-refractivity contribution is -0.111. The van der Waals surface area contributed by atoms with Crippen LogP contribution in [-0.4, -0.2) is 18.6 Å². The summed E-state index contributed by atoms with van der Waals surface area (Å²) in [5.74, 6) is 0.598. The molecule has 0 radical (unpaired) electrons. The lowest BCUT2D eigenvalue weighted by Gasteiger charge is -2.15. The predicted molar refractivity (Wildman–Crippen MR) is 154 cm³/mol. The van der Waals surface area contributed by atoms with Gasteiger partial charge in [0.2, 0.25) is 6.79 Å². The lowest BCUT2D eigenvalue weighted by Crippen LogP contribution is -2.18. The number of benzene rings is 5. The Hall–Kier alpha value is -5.36. The van der Waals surface area contributed by atoms with Crippen molar-refractivity contribution in [3.05, 3.63) is 132 Å². The molecular formula is C33H24N2O4. The van der Waals surface area contributed by atoms with E-state index in [9.17, 15) is 9.59 Å². The number of amides is 2. The molecule has 2 N–H and O–H groups in total. The summed E-state index contributed by atoms with van der Waals surface area (Å²) in [7, 11) is 0. The maximum atomic E-state index is 13.7. The number of rotatable bonds is 6. The minimum atomic E-state index is -0.343. The zero-order valence-electron chi connectivity index (χ0n) is 20.9. The first-order chi connectivity index (χ1) is 19.2. The van der Waals surface area contributed by atoms with Gasteiger partial charge in [-0.15, -0.1) is 0 Å². The molecule has 0 fully saturated rings. The van der Waals surface area contributed by atoms with Gasteiger partial charge in [-0.25, -0.2) is 0 Å². The fourth-order valence-electron chi connectivity index (χ4n) is 4.60. The van der Waals surface area contributed by atoms with E-state index in [0.717, 1.165) is 16.3 Å². The fourth-order valence-corrected chi connectivity index (χ4v) is 4.60. The monoisotopic (exact) mass is 512 g/mol. The van der Waals surface area contributed by atoms with E-state index in [0.29, 0.717) is 39.6 Å². The van der Waals surface area contributed by atoms with Gasteiger partial charge in [-0.1, -0.05) is 78.9 Å². The number of carbonyl (C=O) groups excluding carboxylic acids is 2. The number of anilines is 2. The lowest BCUT2D eigenvalue weighted by atomic mass is 9.96. The molecule has 0 saturated heterocycles. The first kappa shape index (κ1) is 24.0. The molecule has 2 amide bonds. The van der Waals surface area contributed by atoms with E-state index >= 15 is 0 Å². The average molecular weight is 513 g/mol. The van der Waals surface area contributed by atoms with Gasteiger partial charge in [0.15, 0.2) is 11.5 Å². The Balaban J connectivity index is 1.41. The van der Waals surface area contributed by atoms with E-state index in [4.69, 9.17) is 9.47 Å². The van der Waals surface area contributed by atoms with Crippen LogP contribution in [0.3, 0.4) is 0 Å². The van der Waals surface area contributed by atoms with Gasteiger partial charge in [-0.3, -0.25) is 9.59 Å². The van der Waals surface area contributed by atoms with Crippen molar-refractivity contribution in [3.63, 3.8) is 0 Å². The van der Waals surface area contributed by atoms with Crippen molar-refractivity contribution in [3.8, 4) is 11.5 Å². The average Bonchev–Trinajstić information content (AvgIpc) is 3.45. The molecule has 0 spiro atoms. The topological polar surface area (TPSA) is 76.7 Å². The first-order valence-corrected chi connectivity index (χ1v) is 12.5. The molecule has 6 rings (SSSR count). The van der Waals surface area contributed by atoms with E-state index in [2.05, 4.69) is 10.6 Å². The molecule has 5 aromatic carbocycles. The second kappa shape index (κ2) is 10.6. The van der Waals surface area contributed by atoms with Crippen LogP contribution in [0.5, 0.6) is 11.5 Å². The highest BCUT2D eigenvalue weighted by Gasteiger charge is 2.21. The Labute approximate surface area is 225 Å². The van der Waals surface area contributed by atoms with Crippen LogP contribution in [0.2, 0.25) is 0 Å². The molecule has 0 aliphatic carbocycles. The largest absolute Gasteiger partial charge is 0.454 e. The second-order valence-corrected chi connectivity index (χ2v) is 9.02. The third-order valence-corrected chi connectivity index (χ3v) is 6.48. The molecule has 1 aliphatic heterocycles. The zero-order valence-corrected chi connectivity index (χ0v) is 20.9. The highest BCUT2D eigenvalue weighted by atomic mass is 16.7. The minimum absolute atomic E-state index is 0.154. The molecule has 0 atom stereocenters. The number of fused-ring (bicyclic) bond motifs is 2. The van der Waals surface area contributed by atoms with Crippen LogP contribution in [0.4, 0.5) is 11.4 Å². The fraction of sp³-hybridized carbons (Fsp3) is 0.0303. The van der Waals surface area contributed by atoms with Gasteiger partial charge in [0.1, 0.15) is 0 Å². The summed E-state index contributed by atoms with van der Waals surface area (Å²) < 4.78 is 11.0. The minimum Gasteiger partial charge on any atom is -0.454 e. The highest BCUT2D eigenvalue weighted by molar-refractivity contribution is 6.31. The summed E-state index contributed by atoms with van der Waals surface area (Å²) in [6, 6.07) is 35.4. The van der Waals surface area contributed by atoms with Gasteiger partial charge in [-0.05, 0) is 59.0 Å². The van der Waals surface area contributed by atoms with Gasteiger partial charge < -0.3 is 20.1 Å². The van der Waals surface area contributed by atoms with Gasteiger partial charge in [-0.2, -0.15) is 0 Å². The zero-order chi connectivity index (χ0) is 26.6. The van der Waals surface area contributed by atoms with Crippen LogP contribution in [0.25, 0.3) is 22.4 Å². The number of hydrogen-bond donors (Lipinski definition) is 2. The number of nitrogens with one attached hydrogen (secondary N) is 2. The molecule has 0 saturated carbocycles. The summed E-state index contributed by atoms with van der Waals surface area (Å²) in [5.41, 5.74) is 3.30. The maximum absolute atomic E-state index is 13.7. The van der Waals surface area contributed by atoms with Crippen molar-refractivity contribution in [2.75, 3.05) is 17.4 Å². The Morgan fingerprint density at radius 3 is 2.26 bits per heavy atom. The van der Waals surface area contributed by atoms with Crippen molar-refractivity contribution >= 4 is 45.6 Å². The normalized spacial score (nSPS) is 12.3. The molecule has 6 heteroatoms. The second-order valence-electron chi connectivity index (χ2n) is 9.02. The number of carbonyl (C=O) groups is 2.